The maximum atomic E-state index is 6.23. The Balaban J connectivity index is 1.38. The molecule has 168 valence electrons. The molecular formula is C22H32ClN7O. The fraction of sp³-hybridized carbons (Fsp3) is 0.591. The third-order valence-electron chi connectivity index (χ3n) is 6.27. The molecule has 9 heteroatoms. The third-order valence-corrected chi connectivity index (χ3v) is 6.51. The number of aliphatic imine (C=N–C) groups is 1. The van der Waals surface area contributed by atoms with E-state index >= 15 is 0 Å². The molecule has 0 unspecified atom stereocenters. The van der Waals surface area contributed by atoms with Crippen molar-refractivity contribution in [3.63, 3.8) is 0 Å². The van der Waals surface area contributed by atoms with Gasteiger partial charge in [0, 0.05) is 50.2 Å². The normalized spacial score (nSPS) is 18.7. The highest BCUT2D eigenvalue weighted by Crippen LogP contribution is 2.48. The van der Waals surface area contributed by atoms with E-state index in [1.54, 1.807) is 0 Å². The average molecular weight is 446 g/mol. The molecule has 1 aromatic heterocycles. The summed E-state index contributed by atoms with van der Waals surface area (Å²) in [6.45, 7) is 8.64. The maximum Gasteiger partial charge on any atom is 0.191 e. The molecule has 31 heavy (non-hydrogen) atoms. The van der Waals surface area contributed by atoms with E-state index in [0.29, 0.717) is 6.54 Å². The Morgan fingerprint density at radius 1 is 1.23 bits per heavy atom. The second-order valence-electron chi connectivity index (χ2n) is 8.41. The lowest BCUT2D eigenvalue weighted by molar-refractivity contribution is 0.0389. The molecule has 2 aromatic rings. The third kappa shape index (κ3) is 5.75. The van der Waals surface area contributed by atoms with Crippen LogP contribution in [0.25, 0.3) is 0 Å². The molecule has 0 bridgehead atoms. The summed E-state index contributed by atoms with van der Waals surface area (Å²) in [7, 11) is 1.97. The molecule has 2 N–H and O–H groups in total. The number of rotatable bonds is 8. The van der Waals surface area contributed by atoms with Gasteiger partial charge in [-0.05, 0) is 37.5 Å². The number of aromatic nitrogens is 3. The Morgan fingerprint density at radius 2 is 2.03 bits per heavy atom. The summed E-state index contributed by atoms with van der Waals surface area (Å²) in [6.07, 6.45) is 2.31. The Labute approximate surface area is 189 Å². The van der Waals surface area contributed by atoms with E-state index in [0.717, 1.165) is 81.4 Å². The summed E-state index contributed by atoms with van der Waals surface area (Å²) in [5.41, 5.74) is 1.43. The lowest BCUT2D eigenvalue weighted by Gasteiger charge is -2.27. The Kier molecular flexibility index (Phi) is 7.09. The van der Waals surface area contributed by atoms with Gasteiger partial charge in [0.05, 0.1) is 13.2 Å². The van der Waals surface area contributed by atoms with E-state index in [4.69, 9.17) is 21.3 Å². The molecule has 1 saturated carbocycles. The zero-order chi connectivity index (χ0) is 21.7. The summed E-state index contributed by atoms with van der Waals surface area (Å²) >= 11 is 6.23. The van der Waals surface area contributed by atoms with Crippen molar-refractivity contribution >= 4 is 17.6 Å². The van der Waals surface area contributed by atoms with Crippen LogP contribution in [0.5, 0.6) is 0 Å². The van der Waals surface area contributed by atoms with Crippen molar-refractivity contribution < 1.29 is 4.74 Å². The van der Waals surface area contributed by atoms with Crippen molar-refractivity contribution in [1.82, 2.24) is 30.3 Å². The Bertz CT molecular complexity index is 903. The molecule has 0 radical (unpaired) electrons. The minimum Gasteiger partial charge on any atom is -0.379 e. The number of aryl methyl sites for hydroxylation is 1. The molecule has 0 amide bonds. The minimum absolute atomic E-state index is 0.138. The van der Waals surface area contributed by atoms with Gasteiger partial charge in [-0.15, -0.1) is 10.2 Å². The first kappa shape index (κ1) is 22.0. The number of nitrogens with one attached hydrogen (secondary N) is 2. The molecular weight excluding hydrogens is 414 g/mol. The summed E-state index contributed by atoms with van der Waals surface area (Å²) in [5, 5.41) is 16.2. The van der Waals surface area contributed by atoms with Crippen molar-refractivity contribution in [3.8, 4) is 0 Å². The van der Waals surface area contributed by atoms with Gasteiger partial charge in [0.2, 0.25) is 0 Å². The zero-order valence-corrected chi connectivity index (χ0v) is 19.2. The number of ether oxygens (including phenoxy) is 1. The van der Waals surface area contributed by atoms with Gasteiger partial charge < -0.3 is 19.9 Å². The first-order chi connectivity index (χ1) is 15.1. The smallest absolute Gasteiger partial charge is 0.191 e. The lowest BCUT2D eigenvalue weighted by Crippen LogP contribution is -2.46. The molecule has 2 aliphatic rings. The van der Waals surface area contributed by atoms with Crippen LogP contribution < -0.4 is 10.6 Å². The second kappa shape index (κ2) is 9.97. The molecule has 1 aliphatic heterocycles. The quantitative estimate of drug-likeness (QED) is 0.477. The van der Waals surface area contributed by atoms with Crippen molar-refractivity contribution in [2.24, 2.45) is 12.0 Å². The fourth-order valence-corrected chi connectivity index (χ4v) is 4.05. The van der Waals surface area contributed by atoms with Crippen LogP contribution in [0.2, 0.25) is 5.02 Å². The number of guanidine groups is 1. The number of halogens is 1. The van der Waals surface area contributed by atoms with Crippen LogP contribution in [-0.4, -0.2) is 71.6 Å². The highest BCUT2D eigenvalue weighted by molar-refractivity contribution is 6.30. The van der Waals surface area contributed by atoms with Crippen LogP contribution in [0.15, 0.2) is 29.3 Å². The standard InChI is InChI=1S/C22H32ClN7O/c1-17-27-28-20(29(17)2)15-25-21(24-8-9-30-10-12-31-13-11-30)26-16-22(6-7-22)18-4-3-5-19(23)14-18/h3-5,14H,6-13,15-16H2,1-2H3,(H2,24,25,26). The Morgan fingerprint density at radius 3 is 2.71 bits per heavy atom. The van der Waals surface area contributed by atoms with Crippen LogP contribution in [0.4, 0.5) is 0 Å². The number of morpholine rings is 1. The molecule has 2 fully saturated rings. The Hall–Kier alpha value is -2.16. The highest BCUT2D eigenvalue weighted by Gasteiger charge is 2.44. The number of nitrogens with zero attached hydrogens (tertiary/aromatic N) is 5. The summed E-state index contributed by atoms with van der Waals surface area (Å²) in [4.78, 5) is 7.21. The highest BCUT2D eigenvalue weighted by atomic mass is 35.5. The van der Waals surface area contributed by atoms with Crippen molar-refractivity contribution in [2.45, 2.75) is 31.7 Å². The molecule has 1 saturated heterocycles. The van der Waals surface area contributed by atoms with Gasteiger partial charge in [-0.1, -0.05) is 23.7 Å². The summed E-state index contributed by atoms with van der Waals surface area (Å²) in [6, 6.07) is 8.22. The van der Waals surface area contributed by atoms with Crippen LogP contribution in [0.1, 0.15) is 30.1 Å². The van der Waals surface area contributed by atoms with E-state index in [1.807, 2.05) is 30.7 Å². The van der Waals surface area contributed by atoms with E-state index in [1.165, 1.54) is 5.56 Å². The van der Waals surface area contributed by atoms with Crippen LogP contribution in [-0.2, 0) is 23.7 Å². The van der Waals surface area contributed by atoms with Gasteiger partial charge >= 0.3 is 0 Å². The van der Waals surface area contributed by atoms with Gasteiger partial charge in [0.25, 0.3) is 0 Å². The average Bonchev–Trinajstić information content (AvgIpc) is 3.51. The molecule has 1 aliphatic carbocycles. The largest absolute Gasteiger partial charge is 0.379 e. The number of benzene rings is 1. The van der Waals surface area contributed by atoms with Crippen LogP contribution in [0, 0.1) is 6.92 Å². The zero-order valence-electron chi connectivity index (χ0n) is 18.4. The fourth-order valence-electron chi connectivity index (χ4n) is 3.86. The molecule has 1 aromatic carbocycles. The molecule has 0 spiro atoms. The van der Waals surface area contributed by atoms with Crippen molar-refractivity contribution in [2.75, 3.05) is 45.9 Å². The summed E-state index contributed by atoms with van der Waals surface area (Å²) in [5.74, 6) is 2.54. The molecule has 0 atom stereocenters. The summed E-state index contributed by atoms with van der Waals surface area (Å²) < 4.78 is 7.41. The molecule has 8 nitrogen and oxygen atoms in total. The van der Waals surface area contributed by atoms with E-state index < -0.39 is 0 Å². The minimum atomic E-state index is 0.138. The number of hydrogen-bond donors (Lipinski definition) is 2. The van der Waals surface area contributed by atoms with Gasteiger partial charge in [-0.3, -0.25) is 4.90 Å². The van der Waals surface area contributed by atoms with Crippen molar-refractivity contribution in [3.05, 3.63) is 46.5 Å². The van der Waals surface area contributed by atoms with Gasteiger partial charge in [-0.25, -0.2) is 4.99 Å². The van der Waals surface area contributed by atoms with Crippen LogP contribution >= 0.6 is 11.6 Å². The van der Waals surface area contributed by atoms with Crippen molar-refractivity contribution in [1.29, 1.82) is 0 Å². The maximum absolute atomic E-state index is 6.23. The topological polar surface area (TPSA) is 79.6 Å². The number of hydrogen-bond acceptors (Lipinski definition) is 5. The first-order valence-corrected chi connectivity index (χ1v) is 11.4. The SMILES string of the molecule is Cc1nnc(CN=C(NCCN2CCOCC2)NCC2(c3cccc(Cl)c3)CC2)n1C. The first-order valence-electron chi connectivity index (χ1n) is 11.0. The molecule has 2 heterocycles. The van der Waals surface area contributed by atoms with E-state index in [9.17, 15) is 0 Å². The lowest BCUT2D eigenvalue weighted by atomic mass is 9.96. The molecule has 4 rings (SSSR count). The van der Waals surface area contributed by atoms with Crippen LogP contribution in [0.3, 0.4) is 0 Å². The van der Waals surface area contributed by atoms with E-state index in [2.05, 4.69) is 37.9 Å². The predicted octanol–water partition coefficient (Wildman–Crippen LogP) is 1.88. The van der Waals surface area contributed by atoms with Gasteiger partial charge in [0.15, 0.2) is 11.8 Å². The van der Waals surface area contributed by atoms with E-state index in [-0.39, 0.29) is 5.41 Å². The monoisotopic (exact) mass is 445 g/mol. The predicted molar refractivity (Wildman–Crippen MR) is 123 cm³/mol. The second-order valence-corrected chi connectivity index (χ2v) is 8.85. The van der Waals surface area contributed by atoms with Gasteiger partial charge in [-0.2, -0.15) is 0 Å². The van der Waals surface area contributed by atoms with Gasteiger partial charge in [0.1, 0.15) is 12.4 Å².